The molecular weight excluding hydrogens is 442 g/mol. The molecule has 1 amide bonds. The van der Waals surface area contributed by atoms with Crippen molar-refractivity contribution < 1.29 is 13.6 Å². The zero-order valence-electron chi connectivity index (χ0n) is 16.6. The number of anilines is 1. The van der Waals surface area contributed by atoms with Gasteiger partial charge in [-0.05, 0) is 68.6 Å². The van der Waals surface area contributed by atoms with Gasteiger partial charge in [0.15, 0.2) is 0 Å². The molecule has 1 saturated heterocycles. The molecule has 1 atom stereocenters. The molecule has 0 spiro atoms. The van der Waals surface area contributed by atoms with Crippen molar-refractivity contribution in [3.05, 3.63) is 51.9 Å². The third kappa shape index (κ3) is 5.06. The normalized spacial score (nSPS) is 18.9. The van der Waals surface area contributed by atoms with Gasteiger partial charge >= 0.3 is 0 Å². The Morgan fingerprint density at radius 2 is 1.90 bits per heavy atom. The van der Waals surface area contributed by atoms with Crippen LogP contribution in [0.4, 0.5) is 5.00 Å². The van der Waals surface area contributed by atoms with Gasteiger partial charge in [0.25, 0.3) is 5.91 Å². The summed E-state index contributed by atoms with van der Waals surface area (Å²) < 4.78 is 24.7. The number of nitrogens with one attached hydrogen (secondary N) is 1. The highest BCUT2D eigenvalue weighted by molar-refractivity contribution is 7.81. The van der Waals surface area contributed by atoms with E-state index in [2.05, 4.69) is 22.3 Å². The molecule has 0 bridgehead atoms. The number of likely N-dealkylation sites (tertiary alicyclic amines) is 1. The fourth-order valence-electron chi connectivity index (χ4n) is 4.10. The van der Waals surface area contributed by atoms with Gasteiger partial charge in [0.2, 0.25) is 0 Å². The smallest absolute Gasteiger partial charge is 0.251 e. The van der Waals surface area contributed by atoms with Gasteiger partial charge in [-0.1, -0.05) is 23.7 Å². The summed E-state index contributed by atoms with van der Waals surface area (Å²) in [5, 5.41) is 3.33. The van der Waals surface area contributed by atoms with E-state index in [9.17, 15) is 13.6 Å². The number of amides is 1. The van der Waals surface area contributed by atoms with Crippen molar-refractivity contribution in [2.75, 3.05) is 37.0 Å². The Balaban J connectivity index is 1.31. The van der Waals surface area contributed by atoms with E-state index in [0.717, 1.165) is 6.54 Å². The molecule has 1 aliphatic heterocycles. The van der Waals surface area contributed by atoms with Crippen LogP contribution in [-0.4, -0.2) is 52.3 Å². The molecule has 6 nitrogen and oxygen atoms in total. The Morgan fingerprint density at radius 1 is 1.20 bits per heavy atom. The predicted molar refractivity (Wildman–Crippen MR) is 121 cm³/mol. The van der Waals surface area contributed by atoms with Crippen molar-refractivity contribution in [2.24, 2.45) is 0 Å². The molecule has 2 heterocycles. The first-order valence-electron chi connectivity index (χ1n) is 10.2. The van der Waals surface area contributed by atoms with Crippen LogP contribution in [0.15, 0.2) is 36.4 Å². The summed E-state index contributed by atoms with van der Waals surface area (Å²) in [7, 11) is 0. The molecule has 2 aromatic rings. The van der Waals surface area contributed by atoms with Crippen LogP contribution in [-0.2, 0) is 16.7 Å². The Bertz CT molecular complexity index is 908. The number of benzene rings is 1. The fourth-order valence-corrected chi connectivity index (χ4v) is 5.81. The minimum absolute atomic E-state index is 0.149. The van der Waals surface area contributed by atoms with Crippen LogP contribution in [0.2, 0.25) is 4.34 Å². The van der Waals surface area contributed by atoms with E-state index in [1.165, 1.54) is 60.0 Å². The Hall–Kier alpha value is -1.45. The zero-order valence-corrected chi connectivity index (χ0v) is 19.0. The average molecular weight is 467 g/mol. The topological polar surface area (TPSA) is 75.7 Å². The van der Waals surface area contributed by atoms with E-state index in [0.29, 0.717) is 14.9 Å². The number of carbonyl (C=O) groups excluding carboxylic acids is 1. The molecule has 2 aliphatic rings. The lowest BCUT2D eigenvalue weighted by molar-refractivity contribution is 0.0955. The van der Waals surface area contributed by atoms with Crippen molar-refractivity contribution >= 4 is 45.1 Å². The van der Waals surface area contributed by atoms with Crippen LogP contribution in [0.25, 0.3) is 0 Å². The maximum absolute atomic E-state index is 12.5. The minimum atomic E-state index is -2.43. The molecule has 1 aliphatic carbocycles. The van der Waals surface area contributed by atoms with Gasteiger partial charge in [0, 0.05) is 41.9 Å². The lowest BCUT2D eigenvalue weighted by atomic mass is 9.94. The van der Waals surface area contributed by atoms with Crippen molar-refractivity contribution in [1.82, 2.24) is 10.2 Å². The SMILES string of the molecule is O=C(NCCN(c1ccc(Cl)s1)S(=O)[O-])c1ccc(C2(CN3CCCC3)CC2)cc1. The highest BCUT2D eigenvalue weighted by Gasteiger charge is 2.45. The van der Waals surface area contributed by atoms with E-state index in [1.54, 1.807) is 12.1 Å². The monoisotopic (exact) mass is 466 g/mol. The summed E-state index contributed by atoms with van der Waals surface area (Å²) >= 11 is 4.64. The molecule has 9 heteroatoms. The van der Waals surface area contributed by atoms with Crippen LogP contribution in [0.1, 0.15) is 41.6 Å². The van der Waals surface area contributed by atoms with Gasteiger partial charge in [0.05, 0.1) is 4.34 Å². The lowest BCUT2D eigenvalue weighted by Crippen LogP contribution is -2.35. The number of hydrogen-bond donors (Lipinski definition) is 1. The van der Waals surface area contributed by atoms with E-state index in [4.69, 9.17) is 11.6 Å². The maximum Gasteiger partial charge on any atom is 0.251 e. The quantitative estimate of drug-likeness (QED) is 0.573. The second-order valence-electron chi connectivity index (χ2n) is 7.99. The molecule has 1 aromatic carbocycles. The highest BCUT2D eigenvalue weighted by Crippen LogP contribution is 2.49. The minimum Gasteiger partial charge on any atom is -0.755 e. The molecule has 1 N–H and O–H groups in total. The number of carbonyl (C=O) groups is 1. The van der Waals surface area contributed by atoms with Crippen molar-refractivity contribution in [2.45, 2.75) is 31.1 Å². The number of hydrogen-bond acceptors (Lipinski definition) is 5. The molecule has 162 valence electrons. The zero-order chi connectivity index (χ0) is 21.1. The first-order valence-corrected chi connectivity index (χ1v) is 12.4. The van der Waals surface area contributed by atoms with E-state index in [-0.39, 0.29) is 24.4 Å². The summed E-state index contributed by atoms with van der Waals surface area (Å²) in [5.74, 6) is -0.202. The first kappa shape index (κ1) is 21.8. The summed E-state index contributed by atoms with van der Waals surface area (Å²) in [5.41, 5.74) is 2.16. The van der Waals surface area contributed by atoms with Crippen LogP contribution in [0.5, 0.6) is 0 Å². The van der Waals surface area contributed by atoms with E-state index >= 15 is 0 Å². The van der Waals surface area contributed by atoms with E-state index in [1.807, 2.05) is 12.1 Å². The molecule has 4 rings (SSSR count). The Kier molecular flexibility index (Phi) is 6.79. The molecular formula is C21H25ClN3O3S2-. The third-order valence-electron chi connectivity index (χ3n) is 5.92. The maximum atomic E-state index is 12.5. The van der Waals surface area contributed by atoms with Crippen LogP contribution < -0.4 is 9.62 Å². The number of halogens is 1. The standard InChI is InChI=1S/C21H26ClN3O3S2/c22-18-7-8-19(29-18)25(30(27)28)14-11-23-20(26)16-3-5-17(6-4-16)21(9-10-21)15-24-12-1-2-13-24/h3-8H,1-2,9-15H2,(H,23,26)(H,27,28)/p-1. The molecule has 0 radical (unpaired) electrons. The molecule has 30 heavy (non-hydrogen) atoms. The van der Waals surface area contributed by atoms with Crippen LogP contribution in [0.3, 0.4) is 0 Å². The predicted octanol–water partition coefficient (Wildman–Crippen LogP) is 3.56. The Morgan fingerprint density at radius 3 is 2.47 bits per heavy atom. The summed E-state index contributed by atoms with van der Waals surface area (Å²) in [6.07, 6.45) is 5.02. The molecule has 1 saturated carbocycles. The highest BCUT2D eigenvalue weighted by atomic mass is 35.5. The van der Waals surface area contributed by atoms with E-state index < -0.39 is 11.3 Å². The largest absolute Gasteiger partial charge is 0.755 e. The Labute approximate surface area is 188 Å². The van der Waals surface area contributed by atoms with Gasteiger partial charge in [-0.15, -0.1) is 11.3 Å². The van der Waals surface area contributed by atoms with Gasteiger partial charge in [-0.25, -0.2) is 0 Å². The average Bonchev–Trinajstić information content (AvgIpc) is 3.09. The molecule has 1 unspecified atom stereocenters. The van der Waals surface area contributed by atoms with Crippen molar-refractivity contribution in [3.63, 3.8) is 0 Å². The molecule has 1 aromatic heterocycles. The number of nitrogens with zero attached hydrogens (tertiary/aromatic N) is 2. The first-order chi connectivity index (χ1) is 14.5. The summed E-state index contributed by atoms with van der Waals surface area (Å²) in [4.78, 5) is 15.0. The second-order valence-corrected chi connectivity index (χ2v) is 10.6. The fraction of sp³-hybridized carbons (Fsp3) is 0.476. The van der Waals surface area contributed by atoms with Crippen LogP contribution in [0, 0.1) is 0 Å². The second kappa shape index (κ2) is 9.36. The number of rotatable bonds is 9. The van der Waals surface area contributed by atoms with Gasteiger partial charge < -0.3 is 14.8 Å². The molecule has 2 fully saturated rings. The summed E-state index contributed by atoms with van der Waals surface area (Å²) in [6, 6.07) is 11.2. The van der Waals surface area contributed by atoms with Crippen molar-refractivity contribution in [3.8, 4) is 0 Å². The summed E-state index contributed by atoms with van der Waals surface area (Å²) in [6.45, 7) is 3.88. The van der Waals surface area contributed by atoms with Crippen molar-refractivity contribution in [1.29, 1.82) is 0 Å². The van der Waals surface area contributed by atoms with Gasteiger partial charge in [0.1, 0.15) is 5.00 Å². The third-order valence-corrected chi connectivity index (χ3v) is 8.03. The lowest BCUT2D eigenvalue weighted by Gasteiger charge is -2.24. The van der Waals surface area contributed by atoms with Gasteiger partial charge in [-0.2, -0.15) is 0 Å². The van der Waals surface area contributed by atoms with Gasteiger partial charge in [-0.3, -0.25) is 13.3 Å². The number of thiophene rings is 1. The van der Waals surface area contributed by atoms with Crippen LogP contribution >= 0.6 is 22.9 Å².